The summed E-state index contributed by atoms with van der Waals surface area (Å²) in [5.74, 6) is -0.746. The number of ether oxygens (including phenoxy) is 2. The topological polar surface area (TPSA) is 102 Å². The van der Waals surface area contributed by atoms with Crippen molar-refractivity contribution in [1.29, 1.82) is 0 Å². The highest BCUT2D eigenvalue weighted by molar-refractivity contribution is 6.10. The number of nitrogens with zero attached hydrogens (tertiary/aromatic N) is 2. The summed E-state index contributed by atoms with van der Waals surface area (Å²) in [5, 5.41) is 6.73. The van der Waals surface area contributed by atoms with Crippen molar-refractivity contribution in [3.8, 4) is 11.3 Å². The molecule has 0 bridgehead atoms. The molecule has 1 fully saturated rings. The minimum absolute atomic E-state index is 0.223. The number of aromatic nitrogens is 2. The molecule has 3 aliphatic rings. The number of rotatable bonds is 2. The fraction of sp³-hybridized carbons (Fsp3) is 0.300. The maximum atomic E-state index is 12.0. The average Bonchev–Trinajstić information content (AvgIpc) is 3.01. The third-order valence-corrected chi connectivity index (χ3v) is 4.14. The maximum Gasteiger partial charge on any atom is 0.341 e. The fourth-order valence-corrected chi connectivity index (χ4v) is 2.93. The Bertz CT molecular complexity index is 945. The molecule has 28 heavy (non-hydrogen) atoms. The maximum absolute atomic E-state index is 12.0. The van der Waals surface area contributed by atoms with E-state index in [1.807, 2.05) is 24.3 Å². The molecule has 0 radical (unpaired) electrons. The van der Waals surface area contributed by atoms with Gasteiger partial charge in [-0.2, -0.15) is 0 Å². The molecule has 1 amide bonds. The van der Waals surface area contributed by atoms with E-state index in [1.165, 1.54) is 26.4 Å². The van der Waals surface area contributed by atoms with Gasteiger partial charge in [-0.3, -0.25) is 9.78 Å². The first-order chi connectivity index (χ1) is 13.6. The fourth-order valence-electron chi connectivity index (χ4n) is 2.93. The summed E-state index contributed by atoms with van der Waals surface area (Å²) in [6.07, 6.45) is 2.90. The molecule has 3 aliphatic heterocycles. The minimum atomic E-state index is -0.523. The zero-order chi connectivity index (χ0) is 19.9. The zero-order valence-corrected chi connectivity index (χ0v) is 15.8. The standard InChI is InChI=1S/C16H13N3O3.C4H9NO/c1-9(20)18-13-8-17-7-11(16(21)22-2)15-14(13)10-5-3-4-6-12(10)19-15;1-3-6-4-2-5-1/h3-8H,1-2H3,(H,18,20);5H,1-4H2. The summed E-state index contributed by atoms with van der Waals surface area (Å²) in [6, 6.07) is 7.47. The summed E-state index contributed by atoms with van der Waals surface area (Å²) in [5.41, 5.74) is 2.62. The number of benzene rings is 1. The van der Waals surface area contributed by atoms with Crippen molar-refractivity contribution in [2.45, 2.75) is 6.92 Å². The third kappa shape index (κ3) is 4.41. The van der Waals surface area contributed by atoms with Crippen LogP contribution in [0.25, 0.3) is 22.2 Å². The smallest absolute Gasteiger partial charge is 0.341 e. The van der Waals surface area contributed by atoms with Gasteiger partial charge in [0.2, 0.25) is 5.91 Å². The summed E-state index contributed by atoms with van der Waals surface area (Å²) in [6.45, 7) is 5.25. The highest BCUT2D eigenvalue weighted by atomic mass is 16.5. The van der Waals surface area contributed by atoms with Gasteiger partial charge >= 0.3 is 5.97 Å². The largest absolute Gasteiger partial charge is 0.465 e. The number of hydrogen-bond donors (Lipinski definition) is 2. The predicted octanol–water partition coefficient (Wildman–Crippen LogP) is 2.09. The second-order valence-corrected chi connectivity index (χ2v) is 6.12. The van der Waals surface area contributed by atoms with Crippen LogP contribution in [0.1, 0.15) is 17.3 Å². The number of fused-ring (bicyclic) bond motifs is 3. The molecule has 8 nitrogen and oxygen atoms in total. The van der Waals surface area contributed by atoms with Crippen molar-refractivity contribution in [1.82, 2.24) is 15.3 Å². The lowest BCUT2D eigenvalue weighted by Crippen LogP contribution is -2.30. The Balaban J connectivity index is 0.000000320. The Morgan fingerprint density at radius 1 is 1.18 bits per heavy atom. The van der Waals surface area contributed by atoms with Crippen LogP contribution < -0.4 is 10.6 Å². The van der Waals surface area contributed by atoms with Gasteiger partial charge in [0.05, 0.1) is 43.4 Å². The van der Waals surface area contributed by atoms with E-state index < -0.39 is 5.97 Å². The summed E-state index contributed by atoms with van der Waals surface area (Å²) >= 11 is 0. The van der Waals surface area contributed by atoms with Crippen LogP contribution in [0.4, 0.5) is 5.69 Å². The molecule has 3 heterocycles. The van der Waals surface area contributed by atoms with Crippen molar-refractivity contribution in [2.75, 3.05) is 38.7 Å². The van der Waals surface area contributed by atoms with Crippen molar-refractivity contribution < 1.29 is 19.1 Å². The average molecular weight is 382 g/mol. The molecular formula is C20H22N4O4. The molecule has 0 atom stereocenters. The molecule has 0 aliphatic carbocycles. The van der Waals surface area contributed by atoms with E-state index >= 15 is 0 Å². The molecule has 1 aromatic rings. The van der Waals surface area contributed by atoms with Gasteiger partial charge in [0.1, 0.15) is 5.56 Å². The second kappa shape index (κ2) is 9.20. The number of methoxy groups -OCH3 is 1. The van der Waals surface area contributed by atoms with Crippen LogP contribution in [0.5, 0.6) is 0 Å². The third-order valence-electron chi connectivity index (χ3n) is 4.14. The summed E-state index contributed by atoms with van der Waals surface area (Å²) in [7, 11) is 1.30. The number of carbonyl (C=O) groups excluding carboxylic acids is 2. The normalized spacial score (nSPS) is 13.5. The van der Waals surface area contributed by atoms with E-state index in [9.17, 15) is 9.59 Å². The van der Waals surface area contributed by atoms with Crippen LogP contribution in [0.15, 0.2) is 36.7 Å². The molecule has 4 rings (SSSR count). The first-order valence-corrected chi connectivity index (χ1v) is 8.92. The van der Waals surface area contributed by atoms with Crippen LogP contribution in [-0.2, 0) is 14.3 Å². The molecular weight excluding hydrogens is 360 g/mol. The molecule has 1 saturated heterocycles. The lowest BCUT2D eigenvalue weighted by molar-refractivity contribution is -0.114. The minimum Gasteiger partial charge on any atom is -0.465 e. The zero-order valence-electron chi connectivity index (χ0n) is 15.8. The van der Waals surface area contributed by atoms with E-state index in [1.54, 1.807) is 0 Å². The number of esters is 1. The SMILES string of the molecule is C1COCCN1.COC(=O)c1cncc(NC(C)=O)c2c3ccccc3nc1-2. The Labute approximate surface area is 162 Å². The quantitative estimate of drug-likeness (QED) is 0.654. The van der Waals surface area contributed by atoms with E-state index in [0.29, 0.717) is 16.9 Å². The highest BCUT2D eigenvalue weighted by Gasteiger charge is 2.23. The Kier molecular flexibility index (Phi) is 6.46. The first-order valence-electron chi connectivity index (χ1n) is 8.92. The van der Waals surface area contributed by atoms with E-state index in [4.69, 9.17) is 9.47 Å². The number of morpholine rings is 1. The summed E-state index contributed by atoms with van der Waals surface area (Å²) in [4.78, 5) is 32.0. The molecule has 2 N–H and O–H groups in total. The Morgan fingerprint density at radius 2 is 1.93 bits per heavy atom. The van der Waals surface area contributed by atoms with Crippen LogP contribution >= 0.6 is 0 Å². The molecule has 0 spiro atoms. The van der Waals surface area contributed by atoms with Crippen molar-refractivity contribution >= 4 is 28.5 Å². The van der Waals surface area contributed by atoms with Gasteiger partial charge in [-0.05, 0) is 6.07 Å². The molecule has 0 saturated carbocycles. The van der Waals surface area contributed by atoms with Crippen molar-refractivity contribution in [3.05, 3.63) is 42.2 Å². The van der Waals surface area contributed by atoms with Gasteiger partial charge in [-0.15, -0.1) is 0 Å². The van der Waals surface area contributed by atoms with E-state index in [0.717, 1.165) is 37.2 Å². The number of anilines is 1. The van der Waals surface area contributed by atoms with Crippen LogP contribution in [0, 0.1) is 0 Å². The van der Waals surface area contributed by atoms with Crippen LogP contribution in [0.3, 0.4) is 0 Å². The summed E-state index contributed by atoms with van der Waals surface area (Å²) < 4.78 is 9.80. The number of hydrogen-bond acceptors (Lipinski definition) is 7. The van der Waals surface area contributed by atoms with E-state index in [-0.39, 0.29) is 11.5 Å². The number of para-hydroxylation sites is 1. The van der Waals surface area contributed by atoms with Gasteiger partial charge in [0.15, 0.2) is 0 Å². The highest BCUT2D eigenvalue weighted by Crippen LogP contribution is 2.37. The Morgan fingerprint density at radius 3 is 2.54 bits per heavy atom. The van der Waals surface area contributed by atoms with Crippen LogP contribution in [-0.4, -0.2) is 55.3 Å². The number of nitrogens with one attached hydrogen (secondary N) is 2. The molecule has 0 aromatic heterocycles. The monoisotopic (exact) mass is 382 g/mol. The number of carbonyl (C=O) groups is 2. The second-order valence-electron chi connectivity index (χ2n) is 6.12. The molecule has 1 aromatic carbocycles. The van der Waals surface area contributed by atoms with Gasteiger partial charge in [-0.25, -0.2) is 9.78 Å². The Hall–Kier alpha value is -3.10. The first kappa shape index (κ1) is 19.7. The molecule has 146 valence electrons. The van der Waals surface area contributed by atoms with Crippen LogP contribution in [0.2, 0.25) is 0 Å². The van der Waals surface area contributed by atoms with E-state index in [2.05, 4.69) is 20.6 Å². The van der Waals surface area contributed by atoms with Crippen molar-refractivity contribution in [2.24, 2.45) is 0 Å². The lowest BCUT2D eigenvalue weighted by Gasteiger charge is -2.10. The van der Waals surface area contributed by atoms with Gasteiger partial charge in [0.25, 0.3) is 0 Å². The molecule has 8 heteroatoms. The van der Waals surface area contributed by atoms with Crippen molar-refractivity contribution in [3.63, 3.8) is 0 Å². The number of amides is 1. The van der Waals surface area contributed by atoms with Gasteiger partial charge in [0, 0.05) is 37.2 Å². The lowest BCUT2D eigenvalue weighted by atomic mass is 10.1. The van der Waals surface area contributed by atoms with Gasteiger partial charge < -0.3 is 20.1 Å². The molecule has 0 unspecified atom stereocenters. The van der Waals surface area contributed by atoms with Gasteiger partial charge in [-0.1, -0.05) is 18.2 Å². The predicted molar refractivity (Wildman–Crippen MR) is 105 cm³/mol.